The monoisotopic (exact) mass is 470 g/mol. The van der Waals surface area contributed by atoms with Gasteiger partial charge in [-0.1, -0.05) is 20.8 Å². The van der Waals surface area contributed by atoms with E-state index in [-0.39, 0.29) is 29.4 Å². The Hall–Kier alpha value is -0.0200. The minimum absolute atomic E-state index is 0. The molecule has 0 amide bonds. The van der Waals surface area contributed by atoms with Crippen molar-refractivity contribution in [3.05, 3.63) is 16.1 Å². The van der Waals surface area contributed by atoms with Crippen molar-refractivity contribution in [3.63, 3.8) is 0 Å². The van der Waals surface area contributed by atoms with Crippen molar-refractivity contribution in [2.75, 3.05) is 25.1 Å². The summed E-state index contributed by atoms with van der Waals surface area (Å²) in [7, 11) is 0. The lowest BCUT2D eigenvalue weighted by Gasteiger charge is -2.14. The zero-order chi connectivity index (χ0) is 16.4. The first-order chi connectivity index (χ1) is 10.5. The van der Waals surface area contributed by atoms with E-state index in [0.717, 1.165) is 29.8 Å². The molecule has 1 aromatic heterocycles. The van der Waals surface area contributed by atoms with E-state index in [2.05, 4.69) is 59.9 Å². The second-order valence-electron chi connectivity index (χ2n) is 6.20. The second-order valence-corrected chi connectivity index (χ2v) is 8.13. The van der Waals surface area contributed by atoms with Gasteiger partial charge < -0.3 is 10.6 Å². The first kappa shape index (κ1) is 23.0. The molecule has 0 aromatic carbocycles. The molecule has 0 saturated carbocycles. The van der Waals surface area contributed by atoms with Crippen LogP contribution in [0.15, 0.2) is 10.4 Å². The summed E-state index contributed by atoms with van der Waals surface area (Å²) < 4.78 is 0. The number of rotatable bonds is 8. The van der Waals surface area contributed by atoms with Gasteiger partial charge >= 0.3 is 0 Å². The van der Waals surface area contributed by atoms with E-state index in [1.165, 1.54) is 18.6 Å². The van der Waals surface area contributed by atoms with Crippen molar-refractivity contribution >= 4 is 53.0 Å². The molecule has 0 aliphatic carbocycles. The van der Waals surface area contributed by atoms with Crippen LogP contribution in [-0.2, 0) is 12.0 Å². The number of unbranched alkanes of at least 4 members (excludes halogenated alkanes) is 1. The van der Waals surface area contributed by atoms with Crippen LogP contribution in [0.3, 0.4) is 0 Å². The van der Waals surface area contributed by atoms with Crippen LogP contribution in [0, 0.1) is 0 Å². The molecule has 0 bridgehead atoms. The molecule has 2 N–H and O–H groups in total. The molecular formula is C16H31IN4S2. The maximum atomic E-state index is 4.69. The maximum Gasteiger partial charge on any atom is 0.191 e. The molecule has 4 nitrogen and oxygen atoms in total. The smallest absolute Gasteiger partial charge is 0.191 e. The highest BCUT2D eigenvalue weighted by molar-refractivity contribution is 14.0. The van der Waals surface area contributed by atoms with Gasteiger partial charge in [0.2, 0.25) is 0 Å². The van der Waals surface area contributed by atoms with E-state index < -0.39 is 0 Å². The Balaban J connectivity index is 0.00000484. The molecule has 23 heavy (non-hydrogen) atoms. The number of guanidine groups is 1. The standard InChI is InChI=1S/C16H30N4S2.HI/c1-6-17-15(18-9-7-8-10-21-5)19-11-14-20-13(12-22-14)16(2,3)4;/h12H,6-11H2,1-5H3,(H2,17,18,19);1H. The number of hydrogen-bond acceptors (Lipinski definition) is 4. The van der Waals surface area contributed by atoms with Crippen LogP contribution in [0.4, 0.5) is 0 Å². The Kier molecular flexibility index (Phi) is 12.3. The number of thioether (sulfide) groups is 1. The zero-order valence-corrected chi connectivity index (χ0v) is 18.9. The number of halogens is 1. The van der Waals surface area contributed by atoms with Crippen LogP contribution in [-0.4, -0.2) is 36.0 Å². The van der Waals surface area contributed by atoms with Gasteiger partial charge in [0.15, 0.2) is 5.96 Å². The zero-order valence-electron chi connectivity index (χ0n) is 14.9. The Morgan fingerprint density at radius 3 is 2.61 bits per heavy atom. The van der Waals surface area contributed by atoms with E-state index >= 15 is 0 Å². The lowest BCUT2D eigenvalue weighted by molar-refractivity contribution is 0.571. The van der Waals surface area contributed by atoms with Gasteiger partial charge in [-0.3, -0.25) is 0 Å². The Morgan fingerprint density at radius 1 is 1.30 bits per heavy atom. The predicted octanol–water partition coefficient (Wildman–Crippen LogP) is 4.26. The van der Waals surface area contributed by atoms with Gasteiger partial charge in [0, 0.05) is 23.9 Å². The van der Waals surface area contributed by atoms with Gasteiger partial charge in [-0.2, -0.15) is 11.8 Å². The van der Waals surface area contributed by atoms with Gasteiger partial charge in [0.1, 0.15) is 5.01 Å². The molecule has 0 fully saturated rings. The van der Waals surface area contributed by atoms with Gasteiger partial charge in [-0.15, -0.1) is 35.3 Å². The quantitative estimate of drug-likeness (QED) is 0.258. The number of thiazole rings is 1. The Bertz CT molecular complexity index is 455. The molecule has 1 aromatic rings. The Morgan fingerprint density at radius 2 is 2.04 bits per heavy atom. The van der Waals surface area contributed by atoms with E-state index in [9.17, 15) is 0 Å². The molecule has 7 heteroatoms. The summed E-state index contributed by atoms with van der Waals surface area (Å²) in [6.07, 6.45) is 4.57. The summed E-state index contributed by atoms with van der Waals surface area (Å²) in [6.45, 7) is 11.1. The highest BCUT2D eigenvalue weighted by Gasteiger charge is 2.17. The lowest BCUT2D eigenvalue weighted by Crippen LogP contribution is -2.37. The lowest BCUT2D eigenvalue weighted by atomic mass is 9.93. The fourth-order valence-electron chi connectivity index (χ4n) is 1.79. The molecule has 1 heterocycles. The molecule has 0 spiro atoms. The average molecular weight is 470 g/mol. The maximum absolute atomic E-state index is 4.69. The predicted molar refractivity (Wildman–Crippen MR) is 117 cm³/mol. The fourth-order valence-corrected chi connectivity index (χ4v) is 3.23. The molecule has 1 rings (SSSR count). The number of hydrogen-bond donors (Lipinski definition) is 2. The molecule has 0 aliphatic rings. The number of aliphatic imine (C=N–C) groups is 1. The van der Waals surface area contributed by atoms with Gasteiger partial charge in [-0.25, -0.2) is 9.98 Å². The van der Waals surface area contributed by atoms with E-state index in [4.69, 9.17) is 0 Å². The molecule has 0 aliphatic heterocycles. The van der Waals surface area contributed by atoms with Crippen molar-refractivity contribution in [3.8, 4) is 0 Å². The number of nitrogens with one attached hydrogen (secondary N) is 2. The summed E-state index contributed by atoms with van der Waals surface area (Å²) in [5.41, 5.74) is 1.26. The SMILES string of the molecule is CCNC(=NCc1nc(C(C)(C)C)cs1)NCCCCSC.I. The largest absolute Gasteiger partial charge is 0.357 e. The third-order valence-corrected chi connectivity index (χ3v) is 4.64. The van der Waals surface area contributed by atoms with E-state index in [0.29, 0.717) is 6.54 Å². The van der Waals surface area contributed by atoms with Gasteiger partial charge in [0.25, 0.3) is 0 Å². The third-order valence-electron chi connectivity index (χ3n) is 3.10. The average Bonchev–Trinajstić information content (AvgIpc) is 2.93. The first-order valence-electron chi connectivity index (χ1n) is 7.93. The first-order valence-corrected chi connectivity index (χ1v) is 10.2. The topological polar surface area (TPSA) is 49.3 Å². The van der Waals surface area contributed by atoms with Crippen LogP contribution in [0.1, 0.15) is 51.2 Å². The Labute approximate surface area is 166 Å². The van der Waals surface area contributed by atoms with Crippen LogP contribution in [0.2, 0.25) is 0 Å². The number of aromatic nitrogens is 1. The van der Waals surface area contributed by atoms with E-state index in [1.54, 1.807) is 11.3 Å². The van der Waals surface area contributed by atoms with Crippen molar-refractivity contribution in [1.29, 1.82) is 0 Å². The summed E-state index contributed by atoms with van der Waals surface area (Å²) in [4.78, 5) is 9.32. The minimum atomic E-state index is 0. The highest BCUT2D eigenvalue weighted by Crippen LogP contribution is 2.24. The van der Waals surface area contributed by atoms with Crippen LogP contribution < -0.4 is 10.6 Å². The van der Waals surface area contributed by atoms with Crippen LogP contribution in [0.5, 0.6) is 0 Å². The van der Waals surface area contributed by atoms with Crippen molar-refractivity contribution < 1.29 is 0 Å². The fraction of sp³-hybridized carbons (Fsp3) is 0.750. The summed E-state index contributed by atoms with van der Waals surface area (Å²) in [5, 5.41) is 9.90. The normalized spacial score (nSPS) is 12.0. The summed E-state index contributed by atoms with van der Waals surface area (Å²) >= 11 is 3.60. The van der Waals surface area contributed by atoms with E-state index in [1.807, 2.05) is 11.8 Å². The molecule has 0 saturated heterocycles. The minimum Gasteiger partial charge on any atom is -0.357 e. The summed E-state index contributed by atoms with van der Waals surface area (Å²) in [6, 6.07) is 0. The molecule has 0 atom stereocenters. The molecular weight excluding hydrogens is 439 g/mol. The molecule has 0 radical (unpaired) electrons. The van der Waals surface area contributed by atoms with Gasteiger partial charge in [0.05, 0.1) is 12.2 Å². The molecule has 0 unspecified atom stereocenters. The highest BCUT2D eigenvalue weighted by atomic mass is 127. The third kappa shape index (κ3) is 9.76. The van der Waals surface area contributed by atoms with Crippen LogP contribution >= 0.6 is 47.1 Å². The second kappa shape index (κ2) is 12.4. The van der Waals surface area contributed by atoms with Gasteiger partial charge in [-0.05, 0) is 31.8 Å². The number of nitrogens with zero attached hydrogens (tertiary/aromatic N) is 2. The summed E-state index contributed by atoms with van der Waals surface area (Å²) in [5.74, 6) is 2.11. The molecule has 134 valence electrons. The van der Waals surface area contributed by atoms with Crippen molar-refractivity contribution in [2.45, 2.75) is 52.5 Å². The van der Waals surface area contributed by atoms with Crippen molar-refractivity contribution in [2.24, 2.45) is 4.99 Å². The van der Waals surface area contributed by atoms with Crippen molar-refractivity contribution in [1.82, 2.24) is 15.6 Å². The van der Waals surface area contributed by atoms with Crippen LogP contribution in [0.25, 0.3) is 0 Å².